The second kappa shape index (κ2) is 8.16. The number of aromatic nitrogens is 2. The van der Waals surface area contributed by atoms with Gasteiger partial charge in [-0.3, -0.25) is 4.79 Å². The maximum Gasteiger partial charge on any atom is 0.270 e. The fourth-order valence-electron chi connectivity index (χ4n) is 4.30. The standard InChI is InChI=1S/C26H27N3O2/c1-16(2)17-9-11-18(12-10-17)24-25-21(20-7-3-4-8-22(20)28-25)14-23(29-24)26(30)27-15-19-6-5-13-31-19/h3-4,7-12,14,16,19,28H,5-6,13,15H2,1-2H3,(H,27,30)/t19-/m1/s1. The van der Waals surface area contributed by atoms with Crippen LogP contribution < -0.4 is 5.32 Å². The fourth-order valence-corrected chi connectivity index (χ4v) is 4.30. The zero-order valence-corrected chi connectivity index (χ0v) is 17.9. The van der Waals surface area contributed by atoms with Crippen molar-refractivity contribution < 1.29 is 9.53 Å². The Morgan fingerprint density at radius 3 is 2.71 bits per heavy atom. The van der Waals surface area contributed by atoms with E-state index < -0.39 is 0 Å². The second-order valence-corrected chi connectivity index (χ2v) is 8.57. The van der Waals surface area contributed by atoms with E-state index in [-0.39, 0.29) is 12.0 Å². The molecule has 0 aliphatic carbocycles. The highest BCUT2D eigenvalue weighted by Crippen LogP contribution is 2.33. The number of carbonyl (C=O) groups is 1. The van der Waals surface area contributed by atoms with E-state index >= 15 is 0 Å². The lowest BCUT2D eigenvalue weighted by molar-refractivity contribution is 0.0854. The first-order valence-corrected chi connectivity index (χ1v) is 11.0. The van der Waals surface area contributed by atoms with Gasteiger partial charge in [-0.2, -0.15) is 0 Å². The van der Waals surface area contributed by atoms with Crippen molar-refractivity contribution in [3.63, 3.8) is 0 Å². The number of para-hydroxylation sites is 1. The van der Waals surface area contributed by atoms with Crippen LogP contribution in [0.4, 0.5) is 0 Å². The average Bonchev–Trinajstić information content (AvgIpc) is 3.44. The zero-order chi connectivity index (χ0) is 21.4. The molecule has 158 valence electrons. The largest absolute Gasteiger partial charge is 0.376 e. The SMILES string of the molecule is CC(C)c1ccc(-c2nc(C(=O)NC[C@H]3CCCO3)cc3c2[nH]c2ccccc23)cc1. The van der Waals surface area contributed by atoms with Gasteiger partial charge in [-0.25, -0.2) is 4.98 Å². The number of pyridine rings is 1. The molecule has 0 bridgehead atoms. The zero-order valence-electron chi connectivity index (χ0n) is 17.9. The van der Waals surface area contributed by atoms with Crippen molar-refractivity contribution >= 4 is 27.7 Å². The first-order valence-electron chi connectivity index (χ1n) is 11.0. The molecule has 1 atom stereocenters. The van der Waals surface area contributed by atoms with Crippen LogP contribution in [-0.2, 0) is 4.74 Å². The lowest BCUT2D eigenvalue weighted by atomic mass is 9.99. The molecule has 2 aromatic carbocycles. The van der Waals surface area contributed by atoms with E-state index in [1.807, 2.05) is 18.2 Å². The molecule has 0 radical (unpaired) electrons. The molecular weight excluding hydrogens is 386 g/mol. The van der Waals surface area contributed by atoms with Crippen LogP contribution in [0.1, 0.15) is 48.7 Å². The van der Waals surface area contributed by atoms with Crippen LogP contribution in [-0.4, -0.2) is 35.1 Å². The minimum atomic E-state index is -0.164. The van der Waals surface area contributed by atoms with Gasteiger partial charge >= 0.3 is 0 Å². The van der Waals surface area contributed by atoms with Crippen molar-refractivity contribution in [3.8, 4) is 11.3 Å². The minimum Gasteiger partial charge on any atom is -0.376 e. The summed E-state index contributed by atoms with van der Waals surface area (Å²) >= 11 is 0. The molecule has 2 N–H and O–H groups in total. The molecule has 1 saturated heterocycles. The third-order valence-corrected chi connectivity index (χ3v) is 6.09. The Morgan fingerprint density at radius 2 is 1.97 bits per heavy atom. The van der Waals surface area contributed by atoms with Crippen molar-refractivity contribution in [2.45, 2.75) is 38.7 Å². The number of aromatic amines is 1. The molecule has 4 aromatic rings. The Kier molecular flexibility index (Phi) is 5.20. The quantitative estimate of drug-likeness (QED) is 0.459. The number of carbonyl (C=O) groups excluding carboxylic acids is 1. The van der Waals surface area contributed by atoms with E-state index in [9.17, 15) is 4.79 Å². The van der Waals surface area contributed by atoms with Gasteiger partial charge in [-0.15, -0.1) is 0 Å². The van der Waals surface area contributed by atoms with E-state index in [1.54, 1.807) is 0 Å². The molecular formula is C26H27N3O2. The van der Waals surface area contributed by atoms with Crippen LogP contribution in [0.5, 0.6) is 0 Å². The summed E-state index contributed by atoms with van der Waals surface area (Å²) in [6.07, 6.45) is 2.14. The van der Waals surface area contributed by atoms with E-state index in [1.165, 1.54) is 5.56 Å². The van der Waals surface area contributed by atoms with Gasteiger partial charge in [0.2, 0.25) is 0 Å². The van der Waals surface area contributed by atoms with Crippen LogP contribution in [0, 0.1) is 0 Å². The fraction of sp³-hybridized carbons (Fsp3) is 0.308. The van der Waals surface area contributed by atoms with Crippen LogP contribution in [0.2, 0.25) is 0 Å². The Labute approximate surface area is 181 Å². The summed E-state index contributed by atoms with van der Waals surface area (Å²) < 4.78 is 5.64. The molecule has 3 heterocycles. The third-order valence-electron chi connectivity index (χ3n) is 6.09. The molecule has 1 amide bonds. The van der Waals surface area contributed by atoms with Crippen LogP contribution in [0.25, 0.3) is 33.1 Å². The maximum atomic E-state index is 13.0. The smallest absolute Gasteiger partial charge is 0.270 e. The topological polar surface area (TPSA) is 67.0 Å². The van der Waals surface area contributed by atoms with Gasteiger partial charge in [0, 0.05) is 35.0 Å². The van der Waals surface area contributed by atoms with E-state index in [0.29, 0.717) is 18.2 Å². The van der Waals surface area contributed by atoms with Gasteiger partial charge in [-0.05, 0) is 36.5 Å². The number of H-pyrrole nitrogens is 1. The van der Waals surface area contributed by atoms with Crippen molar-refractivity contribution in [2.75, 3.05) is 13.2 Å². The molecule has 1 fully saturated rings. The Bertz CT molecular complexity index is 1230. The molecule has 0 unspecified atom stereocenters. The molecule has 5 heteroatoms. The number of ether oxygens (including phenoxy) is 1. The lowest BCUT2D eigenvalue weighted by Crippen LogP contribution is -2.32. The summed E-state index contributed by atoms with van der Waals surface area (Å²) in [6, 6.07) is 18.5. The van der Waals surface area contributed by atoms with Crippen LogP contribution in [0.3, 0.4) is 0 Å². The predicted octanol–water partition coefficient (Wildman–Crippen LogP) is 5.42. The molecule has 1 aliphatic rings. The van der Waals surface area contributed by atoms with Gasteiger partial charge in [0.05, 0.1) is 17.3 Å². The number of fused-ring (bicyclic) bond motifs is 3. The highest BCUT2D eigenvalue weighted by atomic mass is 16.5. The Hall–Kier alpha value is -3.18. The van der Waals surface area contributed by atoms with E-state index in [4.69, 9.17) is 9.72 Å². The summed E-state index contributed by atoms with van der Waals surface area (Å²) in [4.78, 5) is 21.3. The first kappa shape index (κ1) is 19.8. The Balaban J connectivity index is 1.59. The van der Waals surface area contributed by atoms with Gasteiger partial charge in [-0.1, -0.05) is 56.3 Å². The second-order valence-electron chi connectivity index (χ2n) is 8.57. The van der Waals surface area contributed by atoms with Crippen LogP contribution >= 0.6 is 0 Å². The molecule has 5 nitrogen and oxygen atoms in total. The summed E-state index contributed by atoms with van der Waals surface area (Å²) in [5.74, 6) is 0.299. The van der Waals surface area contributed by atoms with Gasteiger partial charge < -0.3 is 15.0 Å². The number of amides is 1. The Morgan fingerprint density at radius 1 is 1.16 bits per heavy atom. The van der Waals surface area contributed by atoms with Crippen molar-refractivity contribution in [2.24, 2.45) is 0 Å². The van der Waals surface area contributed by atoms with Crippen LogP contribution in [0.15, 0.2) is 54.6 Å². The predicted molar refractivity (Wildman–Crippen MR) is 124 cm³/mol. The molecule has 2 aromatic heterocycles. The monoisotopic (exact) mass is 413 g/mol. The number of nitrogens with one attached hydrogen (secondary N) is 2. The summed E-state index contributed by atoms with van der Waals surface area (Å²) in [5, 5.41) is 5.11. The van der Waals surface area contributed by atoms with Crippen molar-refractivity contribution in [1.29, 1.82) is 0 Å². The lowest BCUT2D eigenvalue weighted by Gasteiger charge is -2.12. The highest BCUT2D eigenvalue weighted by molar-refractivity contribution is 6.13. The maximum absolute atomic E-state index is 13.0. The summed E-state index contributed by atoms with van der Waals surface area (Å²) in [5.41, 5.74) is 5.49. The first-order chi connectivity index (χ1) is 15.1. The molecule has 0 spiro atoms. The van der Waals surface area contributed by atoms with Gasteiger partial charge in [0.25, 0.3) is 5.91 Å². The molecule has 5 rings (SSSR count). The molecule has 31 heavy (non-hydrogen) atoms. The third kappa shape index (κ3) is 3.81. The summed E-state index contributed by atoms with van der Waals surface area (Å²) in [6.45, 7) is 5.66. The minimum absolute atomic E-state index is 0.101. The van der Waals surface area contributed by atoms with Crippen molar-refractivity contribution in [3.05, 3.63) is 65.9 Å². The van der Waals surface area contributed by atoms with E-state index in [0.717, 1.165) is 52.5 Å². The van der Waals surface area contributed by atoms with Gasteiger partial charge in [0.1, 0.15) is 5.69 Å². The van der Waals surface area contributed by atoms with Crippen molar-refractivity contribution in [1.82, 2.24) is 15.3 Å². The molecule has 1 aliphatic heterocycles. The number of benzene rings is 2. The van der Waals surface area contributed by atoms with Gasteiger partial charge in [0.15, 0.2) is 0 Å². The number of nitrogens with zero attached hydrogens (tertiary/aromatic N) is 1. The number of hydrogen-bond donors (Lipinski definition) is 2. The normalized spacial score (nSPS) is 16.4. The number of hydrogen-bond acceptors (Lipinski definition) is 3. The average molecular weight is 414 g/mol. The highest BCUT2D eigenvalue weighted by Gasteiger charge is 2.20. The number of rotatable bonds is 5. The molecule has 0 saturated carbocycles. The van der Waals surface area contributed by atoms with E-state index in [2.05, 4.69) is 60.5 Å². The summed E-state index contributed by atoms with van der Waals surface area (Å²) in [7, 11) is 0.